The van der Waals surface area contributed by atoms with Gasteiger partial charge in [-0.25, -0.2) is 0 Å². The van der Waals surface area contributed by atoms with Crippen molar-refractivity contribution < 1.29 is 9.90 Å². The summed E-state index contributed by atoms with van der Waals surface area (Å²) in [7, 11) is 0. The van der Waals surface area contributed by atoms with E-state index in [1.165, 1.54) is 11.3 Å². The molecule has 0 saturated carbocycles. The number of aliphatic hydroxyl groups is 1. The average molecular weight is 341 g/mol. The van der Waals surface area contributed by atoms with Crippen LogP contribution in [0.1, 0.15) is 22.2 Å². The third-order valence-corrected chi connectivity index (χ3v) is 4.71. The Kier molecular flexibility index (Phi) is 5.40. The maximum absolute atomic E-state index is 12.7. The monoisotopic (exact) mass is 341 g/mol. The fourth-order valence-electron chi connectivity index (χ4n) is 2.50. The van der Waals surface area contributed by atoms with Crippen molar-refractivity contribution in [2.75, 3.05) is 6.54 Å². The zero-order chi connectivity index (χ0) is 16.8. The van der Waals surface area contributed by atoms with Gasteiger partial charge in [0.2, 0.25) is 5.91 Å². The number of carbonyl (C=O) groups is 1. The van der Waals surface area contributed by atoms with Crippen LogP contribution in [0, 0.1) is 0 Å². The molecule has 124 valence electrons. The first-order valence-electron chi connectivity index (χ1n) is 7.74. The van der Waals surface area contributed by atoms with Gasteiger partial charge in [0.25, 0.3) is 0 Å². The Labute approximate surface area is 144 Å². The van der Waals surface area contributed by atoms with Crippen molar-refractivity contribution in [2.45, 2.75) is 19.1 Å². The van der Waals surface area contributed by atoms with Crippen LogP contribution in [0.5, 0.6) is 0 Å². The number of H-pyrrole nitrogens is 1. The van der Waals surface area contributed by atoms with Crippen LogP contribution in [0.3, 0.4) is 0 Å². The molecule has 0 fully saturated rings. The molecule has 2 aromatic heterocycles. The molecule has 0 aliphatic rings. The van der Waals surface area contributed by atoms with Crippen molar-refractivity contribution in [1.82, 2.24) is 15.1 Å². The minimum atomic E-state index is -0.681. The van der Waals surface area contributed by atoms with Gasteiger partial charge < -0.3 is 10.0 Å². The molecule has 0 radical (unpaired) electrons. The van der Waals surface area contributed by atoms with E-state index in [1.807, 2.05) is 47.8 Å². The molecule has 0 saturated heterocycles. The number of hydrogen-bond acceptors (Lipinski definition) is 4. The van der Waals surface area contributed by atoms with E-state index >= 15 is 0 Å². The van der Waals surface area contributed by atoms with Gasteiger partial charge in [-0.15, -0.1) is 11.3 Å². The number of aromatic amines is 1. The molecule has 2 heterocycles. The van der Waals surface area contributed by atoms with Crippen molar-refractivity contribution in [3.8, 4) is 0 Å². The summed E-state index contributed by atoms with van der Waals surface area (Å²) in [5.74, 6) is -0.0429. The number of aromatic nitrogens is 2. The molecule has 0 bridgehead atoms. The molecule has 1 atom stereocenters. The Bertz CT molecular complexity index is 742. The lowest BCUT2D eigenvalue weighted by Crippen LogP contribution is -2.35. The van der Waals surface area contributed by atoms with Crippen LogP contribution in [0.25, 0.3) is 0 Å². The maximum atomic E-state index is 12.7. The number of nitrogens with zero attached hydrogens (tertiary/aromatic N) is 2. The summed E-state index contributed by atoms with van der Waals surface area (Å²) in [4.78, 5) is 15.2. The van der Waals surface area contributed by atoms with Crippen LogP contribution in [-0.2, 0) is 17.8 Å². The largest absolute Gasteiger partial charge is 0.386 e. The SMILES string of the molecule is O=C(Cc1ccn[nH]1)N(Cc1ccccc1)CC(O)c1cccs1. The lowest BCUT2D eigenvalue weighted by atomic mass is 10.1. The molecule has 0 spiro atoms. The summed E-state index contributed by atoms with van der Waals surface area (Å²) in [6.45, 7) is 0.735. The van der Waals surface area contributed by atoms with Gasteiger partial charge in [-0.2, -0.15) is 5.10 Å². The molecule has 0 aliphatic carbocycles. The van der Waals surface area contributed by atoms with E-state index in [2.05, 4.69) is 10.2 Å². The first kappa shape index (κ1) is 16.4. The number of aliphatic hydroxyl groups excluding tert-OH is 1. The minimum Gasteiger partial charge on any atom is -0.386 e. The summed E-state index contributed by atoms with van der Waals surface area (Å²) in [5.41, 5.74) is 1.80. The van der Waals surface area contributed by atoms with Crippen LogP contribution in [0.15, 0.2) is 60.1 Å². The lowest BCUT2D eigenvalue weighted by molar-refractivity contribution is -0.132. The molecule has 1 unspecified atom stereocenters. The molecule has 24 heavy (non-hydrogen) atoms. The highest BCUT2D eigenvalue weighted by molar-refractivity contribution is 7.10. The Morgan fingerprint density at radius 3 is 2.71 bits per heavy atom. The van der Waals surface area contributed by atoms with Gasteiger partial charge in [-0.05, 0) is 23.1 Å². The Hall–Kier alpha value is -2.44. The second-order valence-electron chi connectivity index (χ2n) is 5.55. The third-order valence-electron chi connectivity index (χ3n) is 3.73. The zero-order valence-electron chi connectivity index (χ0n) is 13.1. The van der Waals surface area contributed by atoms with E-state index < -0.39 is 6.10 Å². The molecule has 1 aromatic carbocycles. The maximum Gasteiger partial charge on any atom is 0.228 e. The molecule has 3 rings (SSSR count). The predicted molar refractivity (Wildman–Crippen MR) is 93.4 cm³/mol. The molecular weight excluding hydrogens is 322 g/mol. The van der Waals surface area contributed by atoms with Gasteiger partial charge in [-0.3, -0.25) is 9.89 Å². The summed E-state index contributed by atoms with van der Waals surface area (Å²) >= 11 is 1.49. The zero-order valence-corrected chi connectivity index (χ0v) is 13.9. The quantitative estimate of drug-likeness (QED) is 0.694. The highest BCUT2D eigenvalue weighted by Gasteiger charge is 2.20. The Morgan fingerprint density at radius 1 is 1.21 bits per heavy atom. The van der Waals surface area contributed by atoms with Crippen molar-refractivity contribution in [3.63, 3.8) is 0 Å². The number of carbonyl (C=O) groups excluding carboxylic acids is 1. The summed E-state index contributed by atoms with van der Waals surface area (Å²) < 4.78 is 0. The first-order chi connectivity index (χ1) is 11.7. The summed E-state index contributed by atoms with van der Waals surface area (Å²) in [6.07, 6.45) is 1.19. The van der Waals surface area contributed by atoms with E-state index in [0.29, 0.717) is 6.54 Å². The van der Waals surface area contributed by atoms with Crippen LogP contribution in [-0.4, -0.2) is 32.7 Å². The summed E-state index contributed by atoms with van der Waals surface area (Å²) in [5, 5.41) is 19.0. The van der Waals surface area contributed by atoms with Gasteiger partial charge in [0, 0.05) is 23.3 Å². The number of nitrogens with one attached hydrogen (secondary N) is 1. The lowest BCUT2D eigenvalue weighted by Gasteiger charge is -2.25. The fraction of sp³-hybridized carbons (Fsp3) is 0.222. The van der Waals surface area contributed by atoms with Gasteiger partial charge in [0.1, 0.15) is 6.10 Å². The molecule has 6 heteroatoms. The highest BCUT2D eigenvalue weighted by atomic mass is 32.1. The van der Waals surface area contributed by atoms with E-state index in [1.54, 1.807) is 17.2 Å². The Balaban J connectivity index is 1.73. The standard InChI is InChI=1S/C18H19N3O2S/c22-16(17-7-4-10-24-17)13-21(12-14-5-2-1-3-6-14)18(23)11-15-8-9-19-20-15/h1-10,16,22H,11-13H2,(H,19,20). The van der Waals surface area contributed by atoms with Crippen LogP contribution in [0.2, 0.25) is 0 Å². The van der Waals surface area contributed by atoms with E-state index in [4.69, 9.17) is 0 Å². The fourth-order valence-corrected chi connectivity index (χ4v) is 3.20. The van der Waals surface area contributed by atoms with Gasteiger partial charge in [0.05, 0.1) is 13.0 Å². The number of hydrogen-bond donors (Lipinski definition) is 2. The summed E-state index contributed by atoms with van der Waals surface area (Å²) in [6, 6.07) is 15.4. The number of thiophene rings is 1. The van der Waals surface area contributed by atoms with Crippen LogP contribution >= 0.6 is 11.3 Å². The molecule has 3 aromatic rings. The number of amides is 1. The van der Waals surface area contributed by atoms with Crippen LogP contribution < -0.4 is 0 Å². The number of rotatable bonds is 7. The topological polar surface area (TPSA) is 69.2 Å². The molecular formula is C18H19N3O2S. The normalized spacial score (nSPS) is 12.0. The molecule has 0 aliphatic heterocycles. The minimum absolute atomic E-state index is 0.0429. The van der Waals surface area contributed by atoms with Crippen molar-refractivity contribution in [2.24, 2.45) is 0 Å². The third kappa shape index (κ3) is 4.31. The molecule has 5 nitrogen and oxygen atoms in total. The van der Waals surface area contributed by atoms with E-state index in [9.17, 15) is 9.90 Å². The first-order valence-corrected chi connectivity index (χ1v) is 8.62. The van der Waals surface area contributed by atoms with Gasteiger partial charge >= 0.3 is 0 Å². The molecule has 2 N–H and O–H groups in total. The average Bonchev–Trinajstić information content (AvgIpc) is 3.29. The Morgan fingerprint density at radius 2 is 2.04 bits per heavy atom. The van der Waals surface area contributed by atoms with Crippen molar-refractivity contribution >= 4 is 17.2 Å². The van der Waals surface area contributed by atoms with Crippen LogP contribution in [0.4, 0.5) is 0 Å². The van der Waals surface area contributed by atoms with E-state index in [-0.39, 0.29) is 18.9 Å². The van der Waals surface area contributed by atoms with Gasteiger partial charge in [0.15, 0.2) is 0 Å². The smallest absolute Gasteiger partial charge is 0.228 e. The predicted octanol–water partition coefficient (Wildman–Crippen LogP) is 2.78. The highest BCUT2D eigenvalue weighted by Crippen LogP contribution is 2.21. The van der Waals surface area contributed by atoms with Crippen molar-refractivity contribution in [1.29, 1.82) is 0 Å². The molecule has 1 amide bonds. The van der Waals surface area contributed by atoms with Crippen molar-refractivity contribution in [3.05, 3.63) is 76.2 Å². The number of benzene rings is 1. The second kappa shape index (κ2) is 7.90. The second-order valence-corrected chi connectivity index (χ2v) is 6.53. The van der Waals surface area contributed by atoms with Gasteiger partial charge in [-0.1, -0.05) is 36.4 Å². The van der Waals surface area contributed by atoms with E-state index in [0.717, 1.165) is 16.1 Å².